The van der Waals surface area contributed by atoms with Crippen molar-refractivity contribution in [2.75, 3.05) is 0 Å². The second-order valence-electron chi connectivity index (χ2n) is 8.56. The minimum absolute atomic E-state index is 0.393. The molecule has 0 heterocycles. The first-order chi connectivity index (χ1) is 13.7. The first kappa shape index (κ1) is 20.8. The lowest BCUT2D eigenvalue weighted by molar-refractivity contribution is 0.157. The molecular weight excluding hydrogens is 352 g/mol. The van der Waals surface area contributed by atoms with Crippen LogP contribution in [0.15, 0.2) is 42.5 Å². The minimum Gasteiger partial charge on any atom is -0.204 e. The van der Waals surface area contributed by atoms with Crippen molar-refractivity contribution in [3.63, 3.8) is 0 Å². The quantitative estimate of drug-likeness (QED) is 0.369. The highest BCUT2D eigenvalue weighted by atomic mass is 19.2. The van der Waals surface area contributed by atoms with Crippen LogP contribution in [0.25, 0.3) is 0 Å². The fraction of sp³-hybridized carbons (Fsp3) is 0.560. The van der Waals surface area contributed by atoms with Crippen molar-refractivity contribution in [2.24, 2.45) is 17.8 Å². The SMILES string of the molecule is N#CC=CC=CCCC1CCC(C2CCC(c3ccc(F)c(F)c3)CC2)CC1. The molecule has 28 heavy (non-hydrogen) atoms. The zero-order valence-corrected chi connectivity index (χ0v) is 16.6. The van der Waals surface area contributed by atoms with Gasteiger partial charge in [-0.05, 0) is 92.7 Å². The van der Waals surface area contributed by atoms with Gasteiger partial charge >= 0.3 is 0 Å². The summed E-state index contributed by atoms with van der Waals surface area (Å²) in [6.45, 7) is 0. The maximum absolute atomic E-state index is 13.5. The van der Waals surface area contributed by atoms with Crippen LogP contribution >= 0.6 is 0 Å². The van der Waals surface area contributed by atoms with E-state index in [1.807, 2.05) is 12.1 Å². The van der Waals surface area contributed by atoms with Crippen LogP contribution in [0.4, 0.5) is 8.78 Å². The lowest BCUT2D eigenvalue weighted by atomic mass is 9.68. The van der Waals surface area contributed by atoms with Gasteiger partial charge in [0.1, 0.15) is 0 Å². The van der Waals surface area contributed by atoms with E-state index in [1.54, 1.807) is 12.1 Å². The number of rotatable bonds is 6. The number of halogens is 2. The predicted molar refractivity (Wildman–Crippen MR) is 110 cm³/mol. The number of nitrogens with zero attached hydrogens (tertiary/aromatic N) is 1. The van der Waals surface area contributed by atoms with Crippen LogP contribution in [0.5, 0.6) is 0 Å². The Morgan fingerprint density at radius 1 is 0.893 bits per heavy atom. The Morgan fingerprint density at radius 3 is 2.21 bits per heavy atom. The molecule has 0 unspecified atom stereocenters. The molecule has 0 saturated heterocycles. The number of allylic oxidation sites excluding steroid dienone is 4. The third-order valence-corrected chi connectivity index (χ3v) is 6.90. The van der Waals surface area contributed by atoms with E-state index in [9.17, 15) is 8.78 Å². The number of benzene rings is 1. The van der Waals surface area contributed by atoms with E-state index in [-0.39, 0.29) is 0 Å². The Morgan fingerprint density at radius 2 is 1.57 bits per heavy atom. The van der Waals surface area contributed by atoms with E-state index in [2.05, 4.69) is 6.08 Å². The van der Waals surface area contributed by atoms with Crippen molar-refractivity contribution in [2.45, 2.75) is 70.1 Å². The second-order valence-corrected chi connectivity index (χ2v) is 8.56. The van der Waals surface area contributed by atoms with E-state index in [0.717, 1.165) is 42.6 Å². The Balaban J connectivity index is 1.38. The van der Waals surface area contributed by atoms with Gasteiger partial charge in [-0.25, -0.2) is 8.78 Å². The maximum Gasteiger partial charge on any atom is 0.159 e. The Bertz CT molecular complexity index is 715. The monoisotopic (exact) mass is 383 g/mol. The topological polar surface area (TPSA) is 23.8 Å². The Hall–Kier alpha value is -1.95. The largest absolute Gasteiger partial charge is 0.204 e. The molecule has 1 nitrogen and oxygen atoms in total. The van der Waals surface area contributed by atoms with E-state index in [1.165, 1.54) is 63.2 Å². The van der Waals surface area contributed by atoms with Crippen molar-refractivity contribution in [1.82, 2.24) is 0 Å². The van der Waals surface area contributed by atoms with Crippen LogP contribution in [-0.2, 0) is 0 Å². The summed E-state index contributed by atoms with van der Waals surface area (Å²) in [5.41, 5.74) is 0.971. The van der Waals surface area contributed by atoms with Gasteiger partial charge in [-0.15, -0.1) is 0 Å². The molecule has 2 aliphatic carbocycles. The molecule has 0 amide bonds. The first-order valence-electron chi connectivity index (χ1n) is 10.8. The van der Waals surface area contributed by atoms with Crippen LogP contribution in [0.2, 0.25) is 0 Å². The lowest BCUT2D eigenvalue weighted by Crippen LogP contribution is -2.25. The molecule has 2 aliphatic rings. The summed E-state index contributed by atoms with van der Waals surface area (Å²) in [5.74, 6) is 1.45. The molecule has 0 atom stereocenters. The van der Waals surface area contributed by atoms with Crippen molar-refractivity contribution in [1.29, 1.82) is 5.26 Å². The molecule has 0 N–H and O–H groups in total. The molecule has 1 aromatic carbocycles. The van der Waals surface area contributed by atoms with Gasteiger partial charge in [0.05, 0.1) is 6.07 Å². The average Bonchev–Trinajstić information content (AvgIpc) is 2.73. The molecule has 3 heteroatoms. The molecule has 1 aromatic rings. The van der Waals surface area contributed by atoms with Crippen LogP contribution in [0.1, 0.15) is 75.7 Å². The van der Waals surface area contributed by atoms with Gasteiger partial charge in [0.15, 0.2) is 11.6 Å². The number of hydrogen-bond acceptors (Lipinski definition) is 1. The third kappa shape index (κ3) is 5.77. The van der Waals surface area contributed by atoms with Gasteiger partial charge in [0, 0.05) is 6.08 Å². The average molecular weight is 384 g/mol. The van der Waals surface area contributed by atoms with Gasteiger partial charge in [-0.2, -0.15) is 5.26 Å². The van der Waals surface area contributed by atoms with Gasteiger partial charge in [-0.1, -0.05) is 37.1 Å². The molecule has 2 fully saturated rings. The zero-order valence-electron chi connectivity index (χ0n) is 16.6. The summed E-state index contributed by atoms with van der Waals surface area (Å²) in [6.07, 6.45) is 19.9. The molecule has 0 aromatic heterocycles. The summed E-state index contributed by atoms with van der Waals surface area (Å²) in [7, 11) is 0. The highest BCUT2D eigenvalue weighted by molar-refractivity contribution is 5.22. The molecule has 0 spiro atoms. The second kappa shape index (κ2) is 10.6. The molecule has 3 rings (SSSR count). The highest BCUT2D eigenvalue weighted by Crippen LogP contribution is 2.44. The summed E-state index contributed by atoms with van der Waals surface area (Å²) >= 11 is 0. The van der Waals surface area contributed by atoms with Gasteiger partial charge in [-0.3, -0.25) is 0 Å². The number of hydrogen-bond donors (Lipinski definition) is 0. The van der Waals surface area contributed by atoms with Crippen molar-refractivity contribution >= 4 is 0 Å². The van der Waals surface area contributed by atoms with E-state index >= 15 is 0 Å². The highest BCUT2D eigenvalue weighted by Gasteiger charge is 2.31. The number of nitriles is 1. The van der Waals surface area contributed by atoms with Gasteiger partial charge in [0.2, 0.25) is 0 Å². The van der Waals surface area contributed by atoms with Crippen LogP contribution in [0, 0.1) is 40.7 Å². The Kier molecular flexibility index (Phi) is 7.83. The molecular formula is C25H31F2N. The van der Waals surface area contributed by atoms with Crippen LogP contribution < -0.4 is 0 Å². The Labute approximate surface area is 168 Å². The summed E-state index contributed by atoms with van der Waals surface area (Å²) < 4.78 is 26.7. The minimum atomic E-state index is -0.747. The molecule has 0 bridgehead atoms. The maximum atomic E-state index is 13.5. The van der Waals surface area contributed by atoms with E-state index in [0.29, 0.717) is 5.92 Å². The standard InChI is InChI=1S/C25H31F2N/c26-24-16-15-23(18-25(24)27)22-13-11-21(12-14-22)20-9-7-19(8-10-20)6-4-2-1-3-5-17-28/h1-3,5,15-16,18-22H,4,6-14H2. The molecule has 150 valence electrons. The normalized spacial score (nSPS) is 28.6. The van der Waals surface area contributed by atoms with Gasteiger partial charge in [0.25, 0.3) is 0 Å². The summed E-state index contributed by atoms with van der Waals surface area (Å²) in [4.78, 5) is 0. The molecule has 0 radical (unpaired) electrons. The summed E-state index contributed by atoms with van der Waals surface area (Å²) in [6, 6.07) is 6.43. The fourth-order valence-corrected chi connectivity index (χ4v) is 5.24. The fourth-order valence-electron chi connectivity index (χ4n) is 5.24. The zero-order chi connectivity index (χ0) is 19.8. The summed E-state index contributed by atoms with van der Waals surface area (Å²) in [5, 5.41) is 8.45. The van der Waals surface area contributed by atoms with E-state index < -0.39 is 11.6 Å². The molecule has 0 aliphatic heterocycles. The van der Waals surface area contributed by atoms with Crippen molar-refractivity contribution in [3.8, 4) is 6.07 Å². The smallest absolute Gasteiger partial charge is 0.159 e. The van der Waals surface area contributed by atoms with E-state index in [4.69, 9.17) is 5.26 Å². The molecule has 2 saturated carbocycles. The van der Waals surface area contributed by atoms with Crippen molar-refractivity contribution < 1.29 is 8.78 Å². The third-order valence-electron chi connectivity index (χ3n) is 6.90. The van der Waals surface area contributed by atoms with Crippen molar-refractivity contribution in [3.05, 3.63) is 59.7 Å². The first-order valence-corrected chi connectivity index (χ1v) is 10.8. The predicted octanol–water partition coefficient (Wildman–Crippen LogP) is 7.46. The van der Waals surface area contributed by atoms with Gasteiger partial charge < -0.3 is 0 Å². The van der Waals surface area contributed by atoms with Crippen LogP contribution in [0.3, 0.4) is 0 Å². The van der Waals surface area contributed by atoms with Crippen LogP contribution in [-0.4, -0.2) is 0 Å². The lowest BCUT2D eigenvalue weighted by Gasteiger charge is -2.38.